The third kappa shape index (κ3) is 3.07. The lowest BCUT2D eigenvalue weighted by Gasteiger charge is -2.10. The lowest BCUT2D eigenvalue weighted by atomic mass is 10.2. The summed E-state index contributed by atoms with van der Waals surface area (Å²) in [5, 5.41) is -0.211. The topological polar surface area (TPSA) is 78.8 Å². The zero-order valence-corrected chi connectivity index (χ0v) is 14.3. The number of benzene rings is 1. The van der Waals surface area contributed by atoms with Crippen molar-refractivity contribution < 1.29 is 21.6 Å². The van der Waals surface area contributed by atoms with Gasteiger partial charge in [0.1, 0.15) is 5.75 Å². The minimum atomic E-state index is -2.76. The Balaban J connectivity index is 1.72. The average Bonchev–Trinajstić information content (AvgIpc) is 3.28. The van der Waals surface area contributed by atoms with Gasteiger partial charge in [-0.2, -0.15) is 4.98 Å². The quantitative estimate of drug-likeness (QED) is 0.543. The highest BCUT2D eigenvalue weighted by Crippen LogP contribution is 2.24. The molecule has 1 aromatic carbocycles. The smallest absolute Gasteiger partial charge is 0.322 e. The van der Waals surface area contributed by atoms with Crippen molar-refractivity contribution in [2.45, 2.75) is 17.8 Å². The van der Waals surface area contributed by atoms with E-state index >= 15 is 0 Å². The van der Waals surface area contributed by atoms with Crippen LogP contribution >= 0.6 is 0 Å². The van der Waals surface area contributed by atoms with Gasteiger partial charge in [-0.1, -0.05) is 0 Å². The third-order valence-corrected chi connectivity index (χ3v) is 4.65. The number of hydrogen-bond acceptors (Lipinski definition) is 4. The zero-order chi connectivity index (χ0) is 25.9. The summed E-state index contributed by atoms with van der Waals surface area (Å²) in [5.74, 6) is -0.114. The maximum absolute atomic E-state index is 13.2. The van der Waals surface area contributed by atoms with Crippen molar-refractivity contribution in [3.05, 3.63) is 66.2 Å². The highest BCUT2D eigenvalue weighted by molar-refractivity contribution is 7.90. The number of hydrogen-bond donors (Lipinski definition) is 1. The predicted molar refractivity (Wildman–Crippen MR) is 101 cm³/mol. The molecular weight excluding hydrogens is 348 g/mol. The van der Waals surface area contributed by atoms with E-state index in [1.165, 1.54) is 37.4 Å². The molecule has 4 aromatic rings. The number of H-pyrrole nitrogens is 1. The number of methoxy groups -OCH3 is 1. The van der Waals surface area contributed by atoms with Crippen LogP contribution in [0.5, 0.6) is 5.75 Å². The molecule has 0 saturated carbocycles. The van der Waals surface area contributed by atoms with Crippen LogP contribution in [0.2, 0.25) is 0 Å². The molecule has 4 rings (SSSR count). The fourth-order valence-corrected chi connectivity index (χ4v) is 3.25. The fraction of sp³-hybridized carbons (Fsp3) is 0.158. The van der Waals surface area contributed by atoms with E-state index in [2.05, 4.69) is 15.0 Å². The zero-order valence-electron chi connectivity index (χ0n) is 22.5. The van der Waals surface area contributed by atoms with Crippen LogP contribution in [0.4, 0.5) is 0 Å². The Kier molecular flexibility index (Phi) is 2.44. The van der Waals surface area contributed by atoms with Crippen molar-refractivity contribution in [1.29, 1.82) is 0 Å². The molecule has 0 aliphatic rings. The summed E-state index contributed by atoms with van der Waals surface area (Å²) >= 11 is -2.41. The number of pyridine rings is 1. The number of fused-ring (bicyclic) bond motifs is 1. The Bertz CT molecular complexity index is 1410. The lowest BCUT2D eigenvalue weighted by molar-refractivity contribution is 0.410. The van der Waals surface area contributed by atoms with Gasteiger partial charge in [0.25, 0.3) is 0 Å². The van der Waals surface area contributed by atoms with Gasteiger partial charge in [0, 0.05) is 41.0 Å². The lowest BCUT2D eigenvalue weighted by Crippen LogP contribution is -2.10. The number of ether oxygens (including phenoxy) is 1. The van der Waals surface area contributed by atoms with Gasteiger partial charge < -0.3 is 13.9 Å². The van der Waals surface area contributed by atoms with Crippen LogP contribution in [0.15, 0.2) is 60.0 Å². The molecule has 0 spiro atoms. The minimum Gasteiger partial charge on any atom is -0.609 e. The molecule has 132 valence electrons. The molecule has 3 aromatic heterocycles. The van der Waals surface area contributed by atoms with Crippen molar-refractivity contribution in [2.24, 2.45) is 0 Å². The van der Waals surface area contributed by atoms with Gasteiger partial charge in [-0.3, -0.25) is 9.97 Å². The summed E-state index contributed by atoms with van der Waals surface area (Å²) < 4.78 is 89.4. The maximum Gasteiger partial charge on any atom is 0.322 e. The molecule has 0 aliphatic carbocycles. The summed E-state index contributed by atoms with van der Waals surface area (Å²) in [7, 11) is -2.76. The van der Waals surface area contributed by atoms with E-state index in [1.54, 1.807) is 0 Å². The molecule has 0 amide bonds. The summed E-state index contributed by atoms with van der Waals surface area (Å²) in [6.45, 7) is 1.42. The monoisotopic (exact) mass is 375 g/mol. The van der Waals surface area contributed by atoms with Crippen molar-refractivity contribution in [3.63, 3.8) is 0 Å². The highest BCUT2D eigenvalue weighted by Gasteiger charge is 2.20. The highest BCUT2D eigenvalue weighted by atomic mass is 32.2. The number of imidazole rings is 1. The number of nitrogens with one attached hydrogen (secondary N) is 1. The summed E-state index contributed by atoms with van der Waals surface area (Å²) in [4.78, 5) is 11.0. The molecule has 0 fully saturated rings. The molecule has 1 unspecified atom stereocenters. The van der Waals surface area contributed by atoms with Gasteiger partial charge in [0.05, 0.1) is 36.1 Å². The van der Waals surface area contributed by atoms with Gasteiger partial charge in [-0.25, -0.2) is 0 Å². The molecule has 7 heteroatoms. The first-order chi connectivity index (χ1) is 16.2. The van der Waals surface area contributed by atoms with Gasteiger partial charge in [-0.15, -0.1) is 0 Å². The fourth-order valence-electron chi connectivity index (χ4n) is 2.39. The first-order valence-corrected chi connectivity index (χ1v) is 8.59. The summed E-state index contributed by atoms with van der Waals surface area (Å²) in [5.41, 5.74) is -1.81. The molecule has 0 aliphatic heterocycles. The second-order valence-electron chi connectivity index (χ2n) is 5.31. The number of aromatic amines is 1. The van der Waals surface area contributed by atoms with Crippen molar-refractivity contribution in [1.82, 2.24) is 19.5 Å². The number of rotatable bonds is 5. The standard InChI is InChI=1S/C19H18N4O2S/c1-13-17(20-8-7-18(13)25-2)12-26(24)19-21-15-6-5-14(11-16(15)22-19)23-9-3-4-10-23/h3-11H,12H2,1-2H3,(H,21,22)/i2D3,3D,4D,9D,10D,12D2. The Morgan fingerprint density at radius 3 is 3.04 bits per heavy atom. The second-order valence-corrected chi connectivity index (χ2v) is 6.44. The van der Waals surface area contributed by atoms with E-state index in [9.17, 15) is 4.55 Å². The van der Waals surface area contributed by atoms with Crippen LogP contribution in [0.1, 0.15) is 23.6 Å². The van der Waals surface area contributed by atoms with E-state index in [0.717, 1.165) is 4.57 Å². The summed E-state index contributed by atoms with van der Waals surface area (Å²) in [6.07, 6.45) is 0.491. The summed E-state index contributed by atoms with van der Waals surface area (Å²) in [6, 6.07) is 5.02. The molecule has 1 N–H and O–H groups in total. The molecule has 0 bridgehead atoms. The number of aromatic nitrogens is 4. The van der Waals surface area contributed by atoms with Gasteiger partial charge >= 0.3 is 5.16 Å². The number of nitrogens with zero attached hydrogens (tertiary/aromatic N) is 3. The minimum absolute atomic E-state index is 0.0799. The molecule has 6 nitrogen and oxygen atoms in total. The molecule has 0 saturated heterocycles. The molecule has 3 heterocycles. The Labute approximate surface area is 166 Å². The largest absolute Gasteiger partial charge is 0.609 e. The van der Waals surface area contributed by atoms with E-state index in [0.29, 0.717) is 11.2 Å². The van der Waals surface area contributed by atoms with E-state index < -0.39 is 23.9 Å². The molecule has 1 atom stereocenters. The van der Waals surface area contributed by atoms with Crippen molar-refractivity contribution in [3.8, 4) is 11.4 Å². The Hall–Kier alpha value is -2.77. The van der Waals surface area contributed by atoms with Gasteiger partial charge in [0.15, 0.2) is 5.70 Å². The second kappa shape index (κ2) is 6.86. The van der Waals surface area contributed by atoms with E-state index in [4.69, 9.17) is 17.1 Å². The van der Waals surface area contributed by atoms with Crippen LogP contribution in [-0.2, 0) is 16.9 Å². The predicted octanol–water partition coefficient (Wildman–Crippen LogP) is 3.37. The molecule has 26 heavy (non-hydrogen) atoms. The molecule has 0 radical (unpaired) electrons. The van der Waals surface area contributed by atoms with E-state index in [-0.39, 0.29) is 52.1 Å². The van der Waals surface area contributed by atoms with Crippen LogP contribution < -0.4 is 4.74 Å². The Morgan fingerprint density at radius 2 is 2.23 bits per heavy atom. The first-order valence-electron chi connectivity index (χ1n) is 11.9. The first kappa shape index (κ1) is 9.25. The van der Waals surface area contributed by atoms with Crippen LogP contribution in [0, 0.1) is 6.92 Å². The normalized spacial score (nSPS) is 18.5. The SMILES string of the molecule is [2H]c1c([2H])c([2H])n(-c2ccc3[nH]c([S+]([O-])C([2H])([2H])c4nccc(OC([2H])([2H])[2H])c4C)nc3c2)c1[2H]. The third-order valence-electron chi connectivity index (χ3n) is 3.73. The average molecular weight is 376 g/mol. The Morgan fingerprint density at radius 1 is 1.38 bits per heavy atom. The van der Waals surface area contributed by atoms with Crippen molar-refractivity contribution in [2.75, 3.05) is 7.04 Å². The van der Waals surface area contributed by atoms with Gasteiger partial charge in [-0.05, 0) is 43.3 Å². The van der Waals surface area contributed by atoms with E-state index in [1.807, 2.05) is 0 Å². The van der Waals surface area contributed by atoms with Crippen LogP contribution in [-0.4, -0.2) is 31.1 Å². The van der Waals surface area contributed by atoms with Crippen LogP contribution in [0.25, 0.3) is 16.7 Å². The maximum atomic E-state index is 13.2. The van der Waals surface area contributed by atoms with Gasteiger partial charge in [0.2, 0.25) is 0 Å². The van der Waals surface area contributed by atoms with Crippen molar-refractivity contribution >= 4 is 22.2 Å². The molecular formula is C19H18N4O2S. The van der Waals surface area contributed by atoms with Crippen LogP contribution in [0.3, 0.4) is 0 Å².